The van der Waals surface area contributed by atoms with Crippen molar-refractivity contribution >= 4 is 56.6 Å². The van der Waals surface area contributed by atoms with E-state index in [1.165, 1.54) is 4.90 Å². The first-order valence-electron chi connectivity index (χ1n) is 14.2. The summed E-state index contributed by atoms with van der Waals surface area (Å²) in [5.74, 6) is -2.52. The van der Waals surface area contributed by atoms with Crippen LogP contribution < -0.4 is 9.80 Å². The van der Waals surface area contributed by atoms with Crippen LogP contribution in [-0.2, 0) is 19.1 Å². The van der Waals surface area contributed by atoms with Crippen LogP contribution in [0.1, 0.15) is 19.3 Å². The predicted molar refractivity (Wildman–Crippen MR) is 167 cm³/mol. The fraction of sp³-hybridized carbons (Fsp3) is 0.406. The highest BCUT2D eigenvalue weighted by Crippen LogP contribution is 2.60. The van der Waals surface area contributed by atoms with Crippen molar-refractivity contribution in [3.8, 4) is 0 Å². The molecule has 3 saturated heterocycles. The molecule has 0 aromatic heterocycles. The van der Waals surface area contributed by atoms with E-state index in [-0.39, 0.29) is 48.8 Å². The van der Waals surface area contributed by atoms with E-state index in [2.05, 4.69) is 29.1 Å². The molecule has 222 valence electrons. The largest absolute Gasteiger partial charge is 0.396 e. The fourth-order valence-electron chi connectivity index (χ4n) is 6.82. The van der Waals surface area contributed by atoms with Gasteiger partial charge in [-0.05, 0) is 43.5 Å². The molecule has 3 aliphatic rings. The van der Waals surface area contributed by atoms with Gasteiger partial charge in [0, 0.05) is 36.8 Å². The smallest absolute Gasteiger partial charge is 0.253 e. The minimum Gasteiger partial charge on any atom is -0.396 e. The van der Waals surface area contributed by atoms with Gasteiger partial charge in [0.2, 0.25) is 11.8 Å². The van der Waals surface area contributed by atoms with Crippen molar-refractivity contribution in [2.75, 3.05) is 36.0 Å². The number of halogens is 2. The van der Waals surface area contributed by atoms with Crippen LogP contribution in [0, 0.1) is 11.8 Å². The number of benzene rings is 2. The summed E-state index contributed by atoms with van der Waals surface area (Å²) in [4.78, 5) is 47.8. The Morgan fingerprint density at radius 2 is 1.71 bits per heavy atom. The average Bonchev–Trinajstić information content (AvgIpc) is 3.58. The number of carbonyl (C=O) groups is 3. The Morgan fingerprint density at radius 1 is 1.05 bits per heavy atom. The van der Waals surface area contributed by atoms with E-state index in [9.17, 15) is 19.5 Å². The lowest BCUT2D eigenvalue weighted by Crippen LogP contribution is -2.57. The van der Waals surface area contributed by atoms with Crippen LogP contribution in [0.4, 0.5) is 11.4 Å². The Bertz CT molecular complexity index is 1360. The number of amides is 3. The number of rotatable bonds is 12. The molecular weight excluding hydrogens is 622 g/mol. The molecule has 2 aromatic rings. The summed E-state index contributed by atoms with van der Waals surface area (Å²) in [6.45, 7) is 8.32. The van der Waals surface area contributed by atoms with E-state index in [0.717, 1.165) is 0 Å². The molecule has 3 aliphatic heterocycles. The molecule has 0 aliphatic carbocycles. The summed E-state index contributed by atoms with van der Waals surface area (Å²) >= 11 is 10.3. The number of aliphatic hydroxyl groups is 1. The van der Waals surface area contributed by atoms with Crippen LogP contribution in [0.2, 0.25) is 5.02 Å². The third kappa shape index (κ3) is 5.10. The quantitative estimate of drug-likeness (QED) is 0.205. The number of aliphatic hydroxyl groups excluding tert-OH is 1. The van der Waals surface area contributed by atoms with Gasteiger partial charge >= 0.3 is 0 Å². The Balaban J connectivity index is 1.58. The van der Waals surface area contributed by atoms with E-state index < -0.39 is 29.6 Å². The van der Waals surface area contributed by atoms with Gasteiger partial charge in [-0.2, -0.15) is 0 Å². The van der Waals surface area contributed by atoms with Gasteiger partial charge in [0.05, 0.1) is 28.6 Å². The van der Waals surface area contributed by atoms with Gasteiger partial charge in [0.15, 0.2) is 0 Å². The van der Waals surface area contributed by atoms with E-state index >= 15 is 0 Å². The molecule has 1 spiro atoms. The maximum atomic E-state index is 14.6. The fourth-order valence-corrected chi connectivity index (χ4v) is 8.00. The third-order valence-corrected chi connectivity index (χ3v) is 9.65. The highest BCUT2D eigenvalue weighted by Gasteiger charge is 2.77. The number of fused-ring (bicyclic) bond motifs is 1. The minimum absolute atomic E-state index is 0.0336. The first kappa shape index (κ1) is 30.5. The predicted octanol–water partition coefficient (Wildman–Crippen LogP) is 4.60. The molecule has 2 aromatic carbocycles. The molecule has 3 unspecified atom stereocenters. The molecule has 0 saturated carbocycles. The molecule has 3 amide bonds. The molecular formula is C32H35BrClN3O5. The van der Waals surface area contributed by atoms with Crippen LogP contribution in [0.25, 0.3) is 0 Å². The Morgan fingerprint density at radius 3 is 2.38 bits per heavy atom. The second kappa shape index (κ2) is 12.7. The van der Waals surface area contributed by atoms with Gasteiger partial charge in [-0.15, -0.1) is 13.2 Å². The molecule has 2 bridgehead atoms. The number of nitrogens with zero attached hydrogens (tertiary/aromatic N) is 3. The van der Waals surface area contributed by atoms with Crippen molar-refractivity contribution in [1.82, 2.24) is 4.90 Å². The van der Waals surface area contributed by atoms with E-state index in [1.54, 1.807) is 46.2 Å². The minimum atomic E-state index is -1.22. The first-order chi connectivity index (χ1) is 20.3. The van der Waals surface area contributed by atoms with Gasteiger partial charge in [0.1, 0.15) is 11.6 Å². The number of alkyl halides is 1. The molecule has 3 heterocycles. The van der Waals surface area contributed by atoms with Gasteiger partial charge in [0.25, 0.3) is 5.91 Å². The van der Waals surface area contributed by atoms with E-state index in [4.69, 9.17) is 16.3 Å². The summed E-state index contributed by atoms with van der Waals surface area (Å²) in [7, 11) is 0. The molecule has 3 fully saturated rings. The number of para-hydroxylation sites is 2. The summed E-state index contributed by atoms with van der Waals surface area (Å²) in [6, 6.07) is 15.3. The molecule has 6 atom stereocenters. The van der Waals surface area contributed by atoms with Crippen molar-refractivity contribution in [1.29, 1.82) is 0 Å². The lowest BCUT2D eigenvalue weighted by atomic mass is 9.70. The van der Waals surface area contributed by atoms with Crippen LogP contribution in [0.15, 0.2) is 79.9 Å². The van der Waals surface area contributed by atoms with Crippen LogP contribution >= 0.6 is 27.5 Å². The van der Waals surface area contributed by atoms with Crippen LogP contribution in [-0.4, -0.2) is 76.5 Å². The first-order valence-corrected chi connectivity index (χ1v) is 15.5. The van der Waals surface area contributed by atoms with E-state index in [1.807, 2.05) is 30.3 Å². The Labute approximate surface area is 259 Å². The summed E-state index contributed by atoms with van der Waals surface area (Å²) in [5.41, 5.74) is -0.0217. The second-order valence-electron chi connectivity index (χ2n) is 10.9. The number of ether oxygens (including phenoxy) is 1. The zero-order valence-electron chi connectivity index (χ0n) is 23.3. The maximum absolute atomic E-state index is 14.6. The van der Waals surface area contributed by atoms with Crippen molar-refractivity contribution in [2.24, 2.45) is 11.8 Å². The van der Waals surface area contributed by atoms with Gasteiger partial charge in [-0.3, -0.25) is 14.4 Å². The van der Waals surface area contributed by atoms with Crippen LogP contribution in [0.5, 0.6) is 0 Å². The summed E-state index contributed by atoms with van der Waals surface area (Å²) < 4.78 is 6.69. The number of likely N-dealkylation sites (tertiary alicyclic amines) is 1. The molecule has 5 rings (SSSR count). The van der Waals surface area contributed by atoms with Crippen LogP contribution in [0.3, 0.4) is 0 Å². The number of hydrogen-bond donors (Lipinski definition) is 1. The van der Waals surface area contributed by atoms with Gasteiger partial charge < -0.3 is 24.5 Å². The number of hydrogen-bond acceptors (Lipinski definition) is 5. The van der Waals surface area contributed by atoms with Crippen molar-refractivity contribution in [3.05, 3.63) is 84.9 Å². The molecule has 10 heteroatoms. The number of carbonyl (C=O) groups excluding carboxylic acids is 3. The lowest BCUT2D eigenvalue weighted by Gasteiger charge is -2.37. The zero-order valence-corrected chi connectivity index (χ0v) is 25.6. The molecule has 42 heavy (non-hydrogen) atoms. The molecule has 8 nitrogen and oxygen atoms in total. The van der Waals surface area contributed by atoms with E-state index in [0.29, 0.717) is 35.7 Å². The SMILES string of the molecule is C=CCN(C(=O)[C@H]1[C@@H]2OC3(CC2Br)C(C(=O)N(CC=C)c2ccccc2Cl)N(CCCCO)C(=O)[C@H]13)c1ccccc1. The third-order valence-electron chi connectivity index (χ3n) is 8.48. The average molecular weight is 657 g/mol. The maximum Gasteiger partial charge on any atom is 0.253 e. The van der Waals surface area contributed by atoms with Crippen molar-refractivity contribution in [2.45, 2.75) is 41.8 Å². The normalized spacial score (nSPS) is 27.5. The second-order valence-corrected chi connectivity index (χ2v) is 12.5. The summed E-state index contributed by atoms with van der Waals surface area (Å²) in [6.07, 6.45) is 4.03. The lowest BCUT2D eigenvalue weighted by molar-refractivity contribution is -0.140. The number of anilines is 2. The zero-order chi connectivity index (χ0) is 30.0. The van der Waals surface area contributed by atoms with Crippen molar-refractivity contribution in [3.63, 3.8) is 0 Å². The topological polar surface area (TPSA) is 90.4 Å². The molecule has 1 N–H and O–H groups in total. The summed E-state index contributed by atoms with van der Waals surface area (Å²) in [5, 5.41) is 9.85. The van der Waals surface area contributed by atoms with Gasteiger partial charge in [-0.1, -0.05) is 70.0 Å². The monoisotopic (exact) mass is 655 g/mol. The highest BCUT2D eigenvalue weighted by molar-refractivity contribution is 9.09. The Kier molecular flexibility index (Phi) is 9.23. The van der Waals surface area contributed by atoms with Crippen molar-refractivity contribution < 1.29 is 24.2 Å². The standard InChI is InChI=1S/C32H35BrClN3O5/c1-3-16-35(21-12-6-5-7-13-21)29(39)25-26-30(40)37(18-10-11-19-38)28(32(26)20-22(33)27(25)42-32)31(41)36(17-4-2)24-15-9-8-14-23(24)34/h3-9,12-15,22,25-28,38H,1-2,10-11,16-20H2/t22?,25-,26+,27-,28?,32?/m1/s1. The Hall–Kier alpha value is -2.98. The highest BCUT2D eigenvalue weighted by atomic mass is 79.9. The molecule has 0 radical (unpaired) electrons. The van der Waals surface area contributed by atoms with Gasteiger partial charge in [-0.25, -0.2) is 0 Å². The number of unbranched alkanes of at least 4 members (excludes halogenated alkanes) is 1.